The highest BCUT2D eigenvalue weighted by atomic mass is 35.5. The van der Waals surface area contributed by atoms with Crippen molar-refractivity contribution in [3.8, 4) is 0 Å². The van der Waals surface area contributed by atoms with Gasteiger partial charge in [0.1, 0.15) is 0 Å². The van der Waals surface area contributed by atoms with Gasteiger partial charge in [0.05, 0.1) is 0 Å². The SMILES string of the molecule is CC(NS(=O)(=O)c1nnc(N)s1)c1ccc(Cl)cc1Cl. The Morgan fingerprint density at radius 3 is 2.60 bits per heavy atom. The topological polar surface area (TPSA) is 98.0 Å². The van der Waals surface area contributed by atoms with Gasteiger partial charge in [0.25, 0.3) is 10.0 Å². The third kappa shape index (κ3) is 3.39. The molecule has 2 rings (SSSR count). The van der Waals surface area contributed by atoms with Crippen LogP contribution in [0.5, 0.6) is 0 Å². The zero-order chi connectivity index (χ0) is 14.9. The number of halogens is 2. The van der Waals surface area contributed by atoms with E-state index in [1.165, 1.54) is 0 Å². The normalized spacial score (nSPS) is 13.3. The second kappa shape index (κ2) is 5.82. The molecule has 6 nitrogen and oxygen atoms in total. The first-order chi connectivity index (χ1) is 9.29. The molecule has 2 aromatic rings. The van der Waals surface area contributed by atoms with E-state index in [4.69, 9.17) is 28.9 Å². The summed E-state index contributed by atoms with van der Waals surface area (Å²) in [5.74, 6) is 0. The summed E-state index contributed by atoms with van der Waals surface area (Å²) < 4.78 is 26.4. The minimum Gasteiger partial charge on any atom is -0.374 e. The smallest absolute Gasteiger partial charge is 0.270 e. The molecule has 0 saturated carbocycles. The molecule has 0 spiro atoms. The maximum atomic E-state index is 12.1. The highest BCUT2D eigenvalue weighted by molar-refractivity contribution is 7.91. The zero-order valence-corrected chi connectivity index (χ0v) is 13.3. The lowest BCUT2D eigenvalue weighted by atomic mass is 10.1. The summed E-state index contributed by atoms with van der Waals surface area (Å²) in [5.41, 5.74) is 5.98. The molecule has 0 fully saturated rings. The number of nitrogen functional groups attached to an aromatic ring is 1. The Bertz CT molecular complexity index is 733. The third-order valence-corrected chi connectivity index (χ3v) is 5.64. The molecule has 1 unspecified atom stereocenters. The molecular formula is C10H10Cl2N4O2S2. The molecule has 0 aliphatic carbocycles. The van der Waals surface area contributed by atoms with Crippen LogP contribution >= 0.6 is 34.5 Å². The quantitative estimate of drug-likeness (QED) is 0.880. The van der Waals surface area contributed by atoms with Crippen LogP contribution in [0.4, 0.5) is 5.13 Å². The number of rotatable bonds is 4. The number of nitrogens with two attached hydrogens (primary N) is 1. The number of anilines is 1. The predicted octanol–water partition coefficient (Wildman–Crippen LogP) is 2.47. The summed E-state index contributed by atoms with van der Waals surface area (Å²) in [5, 5.41) is 7.93. The average Bonchev–Trinajstić information content (AvgIpc) is 2.75. The van der Waals surface area contributed by atoms with Crippen LogP contribution in [0, 0.1) is 0 Å². The van der Waals surface area contributed by atoms with Crippen molar-refractivity contribution in [2.24, 2.45) is 0 Å². The Morgan fingerprint density at radius 2 is 2.05 bits per heavy atom. The van der Waals surface area contributed by atoms with Gasteiger partial charge >= 0.3 is 0 Å². The first-order valence-corrected chi connectivity index (χ1v) is 8.41. The van der Waals surface area contributed by atoms with Gasteiger partial charge in [-0.1, -0.05) is 40.6 Å². The lowest BCUT2D eigenvalue weighted by Gasteiger charge is -2.14. The minimum atomic E-state index is -3.79. The van der Waals surface area contributed by atoms with E-state index in [9.17, 15) is 8.42 Å². The molecule has 1 aromatic carbocycles. The van der Waals surface area contributed by atoms with Crippen LogP contribution in [0.15, 0.2) is 22.5 Å². The Kier molecular flexibility index (Phi) is 4.50. The minimum absolute atomic E-state index is 0.0857. The Hall–Kier alpha value is -0.930. The lowest BCUT2D eigenvalue weighted by molar-refractivity contribution is 0.565. The van der Waals surface area contributed by atoms with Crippen LogP contribution in [-0.2, 0) is 10.0 Å². The molecule has 1 aromatic heterocycles. The number of benzene rings is 1. The number of sulfonamides is 1. The van der Waals surface area contributed by atoms with E-state index in [0.717, 1.165) is 11.3 Å². The summed E-state index contributed by atoms with van der Waals surface area (Å²) in [6.45, 7) is 1.66. The number of hydrogen-bond acceptors (Lipinski definition) is 6. The van der Waals surface area contributed by atoms with Crippen molar-refractivity contribution in [1.29, 1.82) is 0 Å². The zero-order valence-electron chi connectivity index (χ0n) is 10.2. The maximum Gasteiger partial charge on any atom is 0.270 e. The monoisotopic (exact) mass is 352 g/mol. The van der Waals surface area contributed by atoms with Gasteiger partial charge in [-0.3, -0.25) is 0 Å². The van der Waals surface area contributed by atoms with Crippen molar-refractivity contribution in [1.82, 2.24) is 14.9 Å². The van der Waals surface area contributed by atoms with Gasteiger partial charge in [0.15, 0.2) is 0 Å². The second-order valence-corrected chi connectivity index (χ2v) is 7.66. The van der Waals surface area contributed by atoms with Crippen LogP contribution in [0.2, 0.25) is 10.0 Å². The molecule has 1 heterocycles. The largest absolute Gasteiger partial charge is 0.374 e. The van der Waals surface area contributed by atoms with E-state index in [-0.39, 0.29) is 9.47 Å². The highest BCUT2D eigenvalue weighted by Gasteiger charge is 2.23. The Morgan fingerprint density at radius 1 is 1.35 bits per heavy atom. The van der Waals surface area contributed by atoms with Gasteiger partial charge in [-0.15, -0.1) is 10.2 Å². The first-order valence-electron chi connectivity index (χ1n) is 5.36. The van der Waals surface area contributed by atoms with Crippen LogP contribution < -0.4 is 10.5 Å². The van der Waals surface area contributed by atoms with Crippen molar-refractivity contribution < 1.29 is 8.42 Å². The number of nitrogens with zero attached hydrogens (tertiary/aromatic N) is 2. The summed E-state index contributed by atoms with van der Waals surface area (Å²) in [6, 6.07) is 4.30. The van der Waals surface area contributed by atoms with Gasteiger partial charge in [0.2, 0.25) is 9.47 Å². The van der Waals surface area contributed by atoms with E-state index in [2.05, 4.69) is 14.9 Å². The van der Waals surface area contributed by atoms with Crippen LogP contribution in [0.25, 0.3) is 0 Å². The van der Waals surface area contributed by atoms with Crippen molar-refractivity contribution in [3.63, 3.8) is 0 Å². The fraction of sp³-hybridized carbons (Fsp3) is 0.200. The molecule has 10 heteroatoms. The molecule has 0 amide bonds. The van der Waals surface area contributed by atoms with Gasteiger partial charge in [-0.25, -0.2) is 13.1 Å². The highest BCUT2D eigenvalue weighted by Crippen LogP contribution is 2.27. The van der Waals surface area contributed by atoms with Crippen molar-refractivity contribution in [2.75, 3.05) is 5.73 Å². The van der Waals surface area contributed by atoms with Crippen molar-refractivity contribution in [3.05, 3.63) is 33.8 Å². The number of nitrogens with one attached hydrogen (secondary N) is 1. The van der Waals surface area contributed by atoms with Crippen molar-refractivity contribution >= 4 is 49.7 Å². The van der Waals surface area contributed by atoms with Crippen LogP contribution in [-0.4, -0.2) is 18.6 Å². The van der Waals surface area contributed by atoms with E-state index in [1.54, 1.807) is 25.1 Å². The van der Waals surface area contributed by atoms with E-state index in [1.807, 2.05) is 0 Å². The van der Waals surface area contributed by atoms with Crippen LogP contribution in [0.3, 0.4) is 0 Å². The molecule has 0 saturated heterocycles. The van der Waals surface area contributed by atoms with Gasteiger partial charge in [-0.05, 0) is 24.6 Å². The second-order valence-electron chi connectivity index (χ2n) is 3.92. The van der Waals surface area contributed by atoms with Crippen LogP contribution in [0.1, 0.15) is 18.5 Å². The van der Waals surface area contributed by atoms with Crippen molar-refractivity contribution in [2.45, 2.75) is 17.3 Å². The summed E-state index contributed by atoms with van der Waals surface area (Å²) >= 11 is 12.6. The third-order valence-electron chi connectivity index (χ3n) is 2.41. The predicted molar refractivity (Wildman–Crippen MR) is 79.5 cm³/mol. The maximum absolute atomic E-state index is 12.1. The molecule has 0 aliphatic heterocycles. The summed E-state index contributed by atoms with van der Waals surface area (Å²) in [7, 11) is -3.79. The molecule has 0 radical (unpaired) electrons. The van der Waals surface area contributed by atoms with Gasteiger partial charge < -0.3 is 5.73 Å². The molecule has 0 bridgehead atoms. The molecule has 3 N–H and O–H groups in total. The molecule has 108 valence electrons. The molecular weight excluding hydrogens is 343 g/mol. The molecule has 0 aliphatic rings. The molecule has 20 heavy (non-hydrogen) atoms. The Labute approximate surface area is 130 Å². The molecule has 1 atom stereocenters. The Balaban J connectivity index is 2.25. The fourth-order valence-corrected chi connectivity index (χ4v) is 4.12. The van der Waals surface area contributed by atoms with Gasteiger partial charge in [0, 0.05) is 16.1 Å². The summed E-state index contributed by atoms with van der Waals surface area (Å²) in [4.78, 5) is 0. The van der Waals surface area contributed by atoms with E-state index < -0.39 is 16.1 Å². The number of aromatic nitrogens is 2. The van der Waals surface area contributed by atoms with E-state index >= 15 is 0 Å². The number of hydrogen-bond donors (Lipinski definition) is 2. The lowest BCUT2D eigenvalue weighted by Crippen LogP contribution is -2.27. The fourth-order valence-electron chi connectivity index (χ4n) is 1.53. The average molecular weight is 353 g/mol. The van der Waals surface area contributed by atoms with Gasteiger partial charge in [-0.2, -0.15) is 0 Å². The first kappa shape index (κ1) is 15.5. The summed E-state index contributed by atoms with van der Waals surface area (Å²) in [6.07, 6.45) is 0. The standard InChI is InChI=1S/C10H10Cl2N4O2S2/c1-5(7-3-2-6(11)4-8(7)12)16-20(17,18)10-15-14-9(13)19-10/h2-5,16H,1H3,(H2,13,14). The van der Waals surface area contributed by atoms with E-state index in [0.29, 0.717) is 15.6 Å².